The third kappa shape index (κ3) is 2.51. The lowest BCUT2D eigenvalue weighted by atomic mass is 10.1. The summed E-state index contributed by atoms with van der Waals surface area (Å²) < 4.78 is 1.95. The van der Waals surface area contributed by atoms with Gasteiger partial charge >= 0.3 is 0 Å². The molecule has 4 aromatic rings. The van der Waals surface area contributed by atoms with Crippen LogP contribution in [0.2, 0.25) is 5.02 Å². The van der Waals surface area contributed by atoms with Gasteiger partial charge in [0.2, 0.25) is 0 Å². The average molecular weight is 319 g/mol. The van der Waals surface area contributed by atoms with E-state index in [0.717, 1.165) is 27.2 Å². The van der Waals surface area contributed by atoms with Gasteiger partial charge in [0.25, 0.3) is 0 Å². The highest BCUT2D eigenvalue weighted by atomic mass is 35.5. The van der Waals surface area contributed by atoms with Crippen LogP contribution < -0.4 is 0 Å². The molecule has 0 amide bonds. The minimum absolute atomic E-state index is 0.775. The lowest BCUT2D eigenvalue weighted by molar-refractivity contribution is 0.910. The van der Waals surface area contributed by atoms with E-state index in [1.165, 1.54) is 11.1 Å². The first kappa shape index (κ1) is 14.0. The number of aromatic nitrogens is 2. The van der Waals surface area contributed by atoms with Gasteiger partial charge in [0.1, 0.15) is 0 Å². The van der Waals surface area contributed by atoms with Gasteiger partial charge in [-0.25, -0.2) is 4.68 Å². The number of hydrogen-bond acceptors (Lipinski definition) is 1. The summed E-state index contributed by atoms with van der Waals surface area (Å²) in [6.45, 7) is 2.01. The molecule has 0 saturated carbocycles. The molecular weight excluding hydrogens is 304 g/mol. The third-order valence-electron chi connectivity index (χ3n) is 4.07. The molecule has 0 atom stereocenters. The zero-order valence-electron chi connectivity index (χ0n) is 12.7. The number of aryl methyl sites for hydroxylation is 1. The van der Waals surface area contributed by atoms with Crippen molar-refractivity contribution in [3.8, 4) is 16.8 Å². The Morgan fingerprint density at radius 2 is 1.57 bits per heavy atom. The quantitative estimate of drug-likeness (QED) is 0.466. The summed E-state index contributed by atoms with van der Waals surface area (Å²) in [5, 5.41) is 6.33. The van der Waals surface area contributed by atoms with Crippen molar-refractivity contribution in [1.82, 2.24) is 9.78 Å². The highest BCUT2D eigenvalue weighted by Gasteiger charge is 2.08. The van der Waals surface area contributed by atoms with E-state index in [0.29, 0.717) is 0 Å². The van der Waals surface area contributed by atoms with E-state index in [1.54, 1.807) is 0 Å². The molecule has 0 fully saturated rings. The van der Waals surface area contributed by atoms with Crippen molar-refractivity contribution < 1.29 is 0 Å². The molecule has 0 N–H and O–H groups in total. The first-order valence-electron chi connectivity index (χ1n) is 7.52. The van der Waals surface area contributed by atoms with Gasteiger partial charge in [-0.05, 0) is 47.9 Å². The van der Waals surface area contributed by atoms with Crippen molar-refractivity contribution in [3.05, 3.63) is 83.5 Å². The maximum atomic E-state index is 6.19. The summed E-state index contributed by atoms with van der Waals surface area (Å²) in [5.74, 6) is 0. The Kier molecular flexibility index (Phi) is 3.40. The van der Waals surface area contributed by atoms with Crippen molar-refractivity contribution >= 4 is 22.5 Å². The average Bonchev–Trinajstić information content (AvgIpc) is 2.99. The molecule has 0 radical (unpaired) electrons. The number of nitrogens with zero attached hydrogens (tertiary/aromatic N) is 2. The molecule has 3 aromatic carbocycles. The number of fused-ring (bicyclic) bond motifs is 1. The lowest BCUT2D eigenvalue weighted by Gasteiger charge is -2.07. The lowest BCUT2D eigenvalue weighted by Crippen LogP contribution is -1.96. The Labute approximate surface area is 140 Å². The molecule has 0 aliphatic carbocycles. The van der Waals surface area contributed by atoms with E-state index in [4.69, 9.17) is 11.6 Å². The summed E-state index contributed by atoms with van der Waals surface area (Å²) in [6, 6.07) is 22.9. The van der Waals surface area contributed by atoms with E-state index >= 15 is 0 Å². The largest absolute Gasteiger partial charge is 0.233 e. The van der Waals surface area contributed by atoms with Crippen LogP contribution in [0.3, 0.4) is 0 Å². The summed E-state index contributed by atoms with van der Waals surface area (Å²) in [7, 11) is 0. The number of halogens is 1. The molecule has 0 spiro atoms. The number of hydrogen-bond donors (Lipinski definition) is 0. The normalized spacial score (nSPS) is 11.0. The maximum Gasteiger partial charge on any atom is 0.0744 e. The smallest absolute Gasteiger partial charge is 0.0744 e. The molecule has 23 heavy (non-hydrogen) atoms. The van der Waals surface area contributed by atoms with Crippen LogP contribution in [0.15, 0.2) is 72.9 Å². The van der Waals surface area contributed by atoms with Gasteiger partial charge < -0.3 is 0 Å². The number of benzene rings is 3. The number of rotatable bonds is 2. The van der Waals surface area contributed by atoms with Crippen molar-refractivity contribution in [2.45, 2.75) is 6.92 Å². The fourth-order valence-corrected chi connectivity index (χ4v) is 2.95. The molecule has 0 saturated heterocycles. The summed E-state index contributed by atoms with van der Waals surface area (Å²) in [4.78, 5) is 0. The highest BCUT2D eigenvalue weighted by molar-refractivity contribution is 6.32. The van der Waals surface area contributed by atoms with Gasteiger partial charge in [-0.3, -0.25) is 0 Å². The van der Waals surface area contributed by atoms with Gasteiger partial charge in [0.05, 0.1) is 17.4 Å². The van der Waals surface area contributed by atoms with Crippen LogP contribution in [0, 0.1) is 6.92 Å². The van der Waals surface area contributed by atoms with Crippen molar-refractivity contribution in [3.63, 3.8) is 0 Å². The van der Waals surface area contributed by atoms with Gasteiger partial charge in [-0.15, -0.1) is 0 Å². The van der Waals surface area contributed by atoms with Crippen LogP contribution in [0.25, 0.3) is 27.7 Å². The van der Waals surface area contributed by atoms with Gasteiger partial charge in [-0.2, -0.15) is 5.10 Å². The topological polar surface area (TPSA) is 17.8 Å². The second-order valence-electron chi connectivity index (χ2n) is 5.63. The predicted molar refractivity (Wildman–Crippen MR) is 96.3 cm³/mol. The Morgan fingerprint density at radius 3 is 2.30 bits per heavy atom. The zero-order valence-corrected chi connectivity index (χ0v) is 13.5. The van der Waals surface area contributed by atoms with Crippen LogP contribution in [-0.2, 0) is 0 Å². The minimum atomic E-state index is 0.775. The molecule has 3 heteroatoms. The Balaban J connectivity index is 1.78. The molecule has 1 heterocycles. The van der Waals surface area contributed by atoms with Crippen LogP contribution in [-0.4, -0.2) is 9.78 Å². The molecule has 4 rings (SSSR count). The van der Waals surface area contributed by atoms with Crippen LogP contribution in [0.4, 0.5) is 0 Å². The fourth-order valence-electron chi connectivity index (χ4n) is 2.78. The summed E-state index contributed by atoms with van der Waals surface area (Å²) >= 11 is 6.19. The molecule has 1 aromatic heterocycles. The second-order valence-corrected chi connectivity index (χ2v) is 6.04. The second kappa shape index (κ2) is 5.56. The third-order valence-corrected chi connectivity index (χ3v) is 4.47. The minimum Gasteiger partial charge on any atom is -0.233 e. The van der Waals surface area contributed by atoms with E-state index < -0.39 is 0 Å². The molecule has 0 aliphatic rings. The summed E-state index contributed by atoms with van der Waals surface area (Å²) in [5.41, 5.74) is 5.58. The molecular formula is C20H15ClN2. The zero-order chi connectivity index (χ0) is 15.8. The Bertz CT molecular complexity index is 970. The Morgan fingerprint density at radius 1 is 0.870 bits per heavy atom. The highest BCUT2D eigenvalue weighted by Crippen LogP contribution is 2.26. The van der Waals surface area contributed by atoms with Gasteiger partial charge in [0.15, 0.2) is 0 Å². The SMILES string of the molecule is Cc1cc2c(cnn2-c2ccc(-c3ccccc3)cc2)cc1Cl. The fraction of sp³-hybridized carbons (Fsp3) is 0.0500. The van der Waals surface area contributed by atoms with Crippen molar-refractivity contribution in [2.24, 2.45) is 0 Å². The Hall–Kier alpha value is -2.58. The first-order valence-corrected chi connectivity index (χ1v) is 7.90. The monoisotopic (exact) mass is 318 g/mol. The predicted octanol–water partition coefficient (Wildman–Crippen LogP) is 5.65. The van der Waals surface area contributed by atoms with E-state index in [-0.39, 0.29) is 0 Å². The maximum absolute atomic E-state index is 6.19. The van der Waals surface area contributed by atoms with E-state index in [9.17, 15) is 0 Å². The van der Waals surface area contributed by atoms with Crippen molar-refractivity contribution in [2.75, 3.05) is 0 Å². The standard InChI is InChI=1S/C20H15ClN2/c1-14-11-20-17(12-19(14)21)13-22-23(20)18-9-7-16(8-10-18)15-5-3-2-4-6-15/h2-13H,1H3. The van der Waals surface area contributed by atoms with Gasteiger partial charge in [0, 0.05) is 10.4 Å². The van der Waals surface area contributed by atoms with Gasteiger partial charge in [-0.1, -0.05) is 54.1 Å². The molecule has 0 aliphatic heterocycles. The van der Waals surface area contributed by atoms with Crippen LogP contribution >= 0.6 is 11.6 Å². The van der Waals surface area contributed by atoms with Crippen LogP contribution in [0.5, 0.6) is 0 Å². The molecule has 112 valence electrons. The van der Waals surface area contributed by atoms with Crippen molar-refractivity contribution in [1.29, 1.82) is 0 Å². The van der Waals surface area contributed by atoms with E-state index in [2.05, 4.69) is 59.7 Å². The molecule has 2 nitrogen and oxygen atoms in total. The van der Waals surface area contributed by atoms with E-state index in [1.807, 2.05) is 29.9 Å². The van der Waals surface area contributed by atoms with Crippen LogP contribution in [0.1, 0.15) is 5.56 Å². The molecule has 0 unspecified atom stereocenters. The molecule has 0 bridgehead atoms. The summed E-state index contributed by atoms with van der Waals surface area (Å²) in [6.07, 6.45) is 1.85. The first-order chi connectivity index (χ1) is 11.2.